The van der Waals surface area contributed by atoms with Gasteiger partial charge in [-0.1, -0.05) is 6.07 Å². The number of pyridine rings is 1. The van der Waals surface area contributed by atoms with Crippen LogP contribution in [0, 0.1) is 6.92 Å². The highest BCUT2D eigenvalue weighted by atomic mass is 16.3. The van der Waals surface area contributed by atoms with E-state index in [1.165, 1.54) is 5.56 Å². The lowest BCUT2D eigenvalue weighted by Gasteiger charge is -2.03. The molecule has 0 unspecified atom stereocenters. The van der Waals surface area contributed by atoms with Crippen LogP contribution in [0.4, 0.5) is 0 Å². The molecule has 0 aliphatic rings. The van der Waals surface area contributed by atoms with Gasteiger partial charge in [-0.2, -0.15) is 0 Å². The fourth-order valence-electron chi connectivity index (χ4n) is 1.04. The summed E-state index contributed by atoms with van der Waals surface area (Å²) in [4.78, 5) is 4.19. The van der Waals surface area contributed by atoms with Gasteiger partial charge >= 0.3 is 0 Å². The van der Waals surface area contributed by atoms with E-state index in [2.05, 4.69) is 16.4 Å². The van der Waals surface area contributed by atoms with Crippen LogP contribution in [0.5, 0.6) is 0 Å². The van der Waals surface area contributed by atoms with Crippen molar-refractivity contribution >= 4 is 0 Å². The molecule has 1 heterocycles. The lowest BCUT2D eigenvalue weighted by molar-refractivity contribution is 0.286. The zero-order chi connectivity index (χ0) is 9.52. The lowest BCUT2D eigenvalue weighted by Crippen LogP contribution is -2.15. The number of nitrogens with zero attached hydrogens (tertiary/aromatic N) is 1. The molecule has 1 aromatic rings. The van der Waals surface area contributed by atoms with Crippen molar-refractivity contribution in [1.82, 2.24) is 10.3 Å². The van der Waals surface area contributed by atoms with Gasteiger partial charge in [-0.05, 0) is 31.5 Å². The van der Waals surface area contributed by atoms with Gasteiger partial charge in [0.25, 0.3) is 0 Å². The third-order valence-electron chi connectivity index (χ3n) is 1.81. The summed E-state index contributed by atoms with van der Waals surface area (Å²) in [6, 6.07) is 4.07. The Morgan fingerprint density at radius 2 is 2.31 bits per heavy atom. The molecule has 0 saturated heterocycles. The summed E-state index contributed by atoms with van der Waals surface area (Å²) >= 11 is 0. The quantitative estimate of drug-likeness (QED) is 0.661. The largest absolute Gasteiger partial charge is 0.396 e. The predicted octanol–water partition coefficient (Wildman–Crippen LogP) is 0.862. The van der Waals surface area contributed by atoms with Crippen LogP contribution in [-0.4, -0.2) is 23.2 Å². The highest BCUT2D eigenvalue weighted by Crippen LogP contribution is 1.98. The van der Waals surface area contributed by atoms with Crippen molar-refractivity contribution in [3.63, 3.8) is 0 Å². The number of hydrogen-bond donors (Lipinski definition) is 2. The van der Waals surface area contributed by atoms with Crippen LogP contribution in [0.15, 0.2) is 18.3 Å². The second-order valence-corrected chi connectivity index (χ2v) is 3.06. The summed E-state index contributed by atoms with van der Waals surface area (Å²) in [7, 11) is 0. The fraction of sp³-hybridized carbons (Fsp3) is 0.500. The first-order valence-electron chi connectivity index (χ1n) is 4.56. The van der Waals surface area contributed by atoms with Crippen molar-refractivity contribution < 1.29 is 5.11 Å². The summed E-state index contributed by atoms with van der Waals surface area (Å²) in [5.41, 5.74) is 2.22. The van der Waals surface area contributed by atoms with Crippen LogP contribution in [0.2, 0.25) is 0 Å². The van der Waals surface area contributed by atoms with Gasteiger partial charge in [0.1, 0.15) is 0 Å². The fourth-order valence-corrected chi connectivity index (χ4v) is 1.04. The number of aromatic nitrogens is 1. The number of hydrogen-bond acceptors (Lipinski definition) is 3. The van der Waals surface area contributed by atoms with Gasteiger partial charge < -0.3 is 10.4 Å². The van der Waals surface area contributed by atoms with E-state index in [-0.39, 0.29) is 6.61 Å². The monoisotopic (exact) mass is 180 g/mol. The molecule has 3 nitrogen and oxygen atoms in total. The molecule has 0 aromatic carbocycles. The standard InChI is InChI=1S/C10H16N2O/c1-9-3-4-10(8-12-9)7-11-5-2-6-13/h3-4,8,11,13H,2,5-7H2,1H3. The molecule has 0 atom stereocenters. The Morgan fingerprint density at radius 3 is 2.92 bits per heavy atom. The van der Waals surface area contributed by atoms with E-state index in [9.17, 15) is 0 Å². The van der Waals surface area contributed by atoms with E-state index < -0.39 is 0 Å². The van der Waals surface area contributed by atoms with E-state index >= 15 is 0 Å². The minimum atomic E-state index is 0.249. The van der Waals surface area contributed by atoms with E-state index in [4.69, 9.17) is 5.11 Å². The van der Waals surface area contributed by atoms with Crippen molar-refractivity contribution in [2.75, 3.05) is 13.2 Å². The Morgan fingerprint density at radius 1 is 1.46 bits per heavy atom. The first kappa shape index (κ1) is 10.2. The topological polar surface area (TPSA) is 45.1 Å². The molecule has 0 fully saturated rings. The molecule has 0 aliphatic carbocycles. The molecule has 1 aromatic heterocycles. The summed E-state index contributed by atoms with van der Waals surface area (Å²) in [5.74, 6) is 0. The smallest absolute Gasteiger partial charge is 0.0443 e. The maximum Gasteiger partial charge on any atom is 0.0443 e. The number of aliphatic hydroxyl groups excluding tert-OH is 1. The Balaban J connectivity index is 2.25. The van der Waals surface area contributed by atoms with Crippen molar-refractivity contribution in [1.29, 1.82) is 0 Å². The molecule has 0 bridgehead atoms. The van der Waals surface area contributed by atoms with Crippen molar-refractivity contribution in [2.24, 2.45) is 0 Å². The highest BCUT2D eigenvalue weighted by molar-refractivity contribution is 5.12. The number of aliphatic hydroxyl groups is 1. The molecule has 0 aliphatic heterocycles. The summed E-state index contributed by atoms with van der Waals surface area (Å²) in [6.45, 7) is 3.90. The molecule has 0 radical (unpaired) electrons. The third kappa shape index (κ3) is 4.01. The van der Waals surface area contributed by atoms with Gasteiger partial charge in [-0.3, -0.25) is 4.98 Å². The summed E-state index contributed by atoms with van der Waals surface area (Å²) in [5, 5.41) is 11.8. The SMILES string of the molecule is Cc1ccc(CNCCCO)cn1. The normalized spacial score (nSPS) is 10.3. The van der Waals surface area contributed by atoms with E-state index in [1.54, 1.807) is 0 Å². The zero-order valence-electron chi connectivity index (χ0n) is 7.95. The van der Waals surface area contributed by atoms with E-state index in [0.29, 0.717) is 0 Å². The molecule has 0 spiro atoms. The van der Waals surface area contributed by atoms with Gasteiger partial charge in [-0.15, -0.1) is 0 Å². The molecule has 0 saturated carbocycles. The lowest BCUT2D eigenvalue weighted by atomic mass is 10.2. The van der Waals surface area contributed by atoms with E-state index in [0.717, 1.165) is 25.2 Å². The Bertz CT molecular complexity index is 233. The third-order valence-corrected chi connectivity index (χ3v) is 1.81. The molecular formula is C10H16N2O. The predicted molar refractivity (Wildman–Crippen MR) is 52.4 cm³/mol. The van der Waals surface area contributed by atoms with Crippen LogP contribution in [0.3, 0.4) is 0 Å². The van der Waals surface area contributed by atoms with Crippen molar-refractivity contribution in [3.05, 3.63) is 29.6 Å². The molecule has 1 rings (SSSR count). The van der Waals surface area contributed by atoms with Crippen LogP contribution >= 0.6 is 0 Å². The Hall–Kier alpha value is -0.930. The number of aryl methyl sites for hydroxylation is 1. The average molecular weight is 180 g/mol. The maximum atomic E-state index is 8.55. The van der Waals surface area contributed by atoms with Gasteiger partial charge in [0.2, 0.25) is 0 Å². The van der Waals surface area contributed by atoms with Gasteiger partial charge in [0, 0.05) is 25.0 Å². The minimum Gasteiger partial charge on any atom is -0.396 e. The van der Waals surface area contributed by atoms with Crippen molar-refractivity contribution in [3.8, 4) is 0 Å². The maximum absolute atomic E-state index is 8.55. The molecule has 13 heavy (non-hydrogen) atoms. The van der Waals surface area contributed by atoms with Crippen LogP contribution in [0.25, 0.3) is 0 Å². The zero-order valence-corrected chi connectivity index (χ0v) is 7.95. The molecule has 2 N–H and O–H groups in total. The van der Waals surface area contributed by atoms with Gasteiger partial charge in [-0.25, -0.2) is 0 Å². The highest BCUT2D eigenvalue weighted by Gasteiger charge is 1.92. The van der Waals surface area contributed by atoms with Gasteiger partial charge in [0.15, 0.2) is 0 Å². The van der Waals surface area contributed by atoms with Gasteiger partial charge in [0.05, 0.1) is 0 Å². The van der Waals surface area contributed by atoms with Crippen LogP contribution in [-0.2, 0) is 6.54 Å². The van der Waals surface area contributed by atoms with E-state index in [1.807, 2.05) is 19.2 Å². The first-order valence-corrected chi connectivity index (χ1v) is 4.56. The first-order chi connectivity index (χ1) is 6.33. The second-order valence-electron chi connectivity index (χ2n) is 3.06. The second kappa shape index (κ2) is 5.67. The average Bonchev–Trinajstić information content (AvgIpc) is 2.15. The Labute approximate surface area is 78.8 Å². The van der Waals surface area contributed by atoms with Crippen LogP contribution in [0.1, 0.15) is 17.7 Å². The van der Waals surface area contributed by atoms with Crippen molar-refractivity contribution in [2.45, 2.75) is 19.9 Å². The molecule has 72 valence electrons. The minimum absolute atomic E-state index is 0.249. The molecule has 3 heteroatoms. The number of rotatable bonds is 5. The molecule has 0 amide bonds. The molecular weight excluding hydrogens is 164 g/mol. The summed E-state index contributed by atoms with van der Waals surface area (Å²) < 4.78 is 0. The Kier molecular flexibility index (Phi) is 4.43. The summed E-state index contributed by atoms with van der Waals surface area (Å²) in [6.07, 6.45) is 2.68. The van der Waals surface area contributed by atoms with Crippen LogP contribution < -0.4 is 5.32 Å². The number of nitrogens with one attached hydrogen (secondary N) is 1.